The van der Waals surface area contributed by atoms with Gasteiger partial charge in [-0.3, -0.25) is 4.99 Å². The number of nitrogens with one attached hydrogen (secondary N) is 1. The average molecular weight is 234 g/mol. The van der Waals surface area contributed by atoms with Crippen molar-refractivity contribution < 1.29 is 0 Å². The summed E-state index contributed by atoms with van der Waals surface area (Å²) in [6, 6.07) is 8.07. The SMILES string of the molecule is CC(C)CN=C(N)Nc1ccc(N(C)C)cc1. The highest BCUT2D eigenvalue weighted by atomic mass is 15.1. The number of anilines is 2. The minimum atomic E-state index is 0.469. The lowest BCUT2D eigenvalue weighted by Gasteiger charge is -2.13. The van der Waals surface area contributed by atoms with Gasteiger partial charge in [0, 0.05) is 32.0 Å². The molecule has 0 aromatic heterocycles. The van der Waals surface area contributed by atoms with E-state index in [2.05, 4.69) is 29.1 Å². The zero-order valence-corrected chi connectivity index (χ0v) is 11.1. The van der Waals surface area contributed by atoms with Gasteiger partial charge in [0.1, 0.15) is 0 Å². The van der Waals surface area contributed by atoms with E-state index in [1.54, 1.807) is 0 Å². The average Bonchev–Trinajstić information content (AvgIpc) is 2.27. The van der Waals surface area contributed by atoms with Gasteiger partial charge in [-0.15, -0.1) is 0 Å². The van der Waals surface area contributed by atoms with Crippen LogP contribution in [0.2, 0.25) is 0 Å². The maximum absolute atomic E-state index is 5.78. The van der Waals surface area contributed by atoms with E-state index >= 15 is 0 Å². The van der Waals surface area contributed by atoms with Gasteiger partial charge in [-0.25, -0.2) is 0 Å². The van der Waals surface area contributed by atoms with Crippen molar-refractivity contribution in [2.24, 2.45) is 16.6 Å². The van der Waals surface area contributed by atoms with Crippen molar-refractivity contribution in [3.8, 4) is 0 Å². The number of hydrogen-bond acceptors (Lipinski definition) is 2. The highest BCUT2D eigenvalue weighted by molar-refractivity contribution is 5.92. The van der Waals surface area contributed by atoms with E-state index in [-0.39, 0.29) is 0 Å². The van der Waals surface area contributed by atoms with Crippen LogP contribution in [0.25, 0.3) is 0 Å². The normalized spacial score (nSPS) is 11.7. The number of hydrogen-bond donors (Lipinski definition) is 2. The van der Waals surface area contributed by atoms with Crippen LogP contribution in [0.3, 0.4) is 0 Å². The molecule has 1 rings (SSSR count). The molecule has 3 N–H and O–H groups in total. The number of guanidine groups is 1. The van der Waals surface area contributed by atoms with Crippen LogP contribution in [0.1, 0.15) is 13.8 Å². The summed E-state index contributed by atoms with van der Waals surface area (Å²) in [5.41, 5.74) is 7.90. The topological polar surface area (TPSA) is 53.6 Å². The summed E-state index contributed by atoms with van der Waals surface area (Å²) < 4.78 is 0. The number of aliphatic imine (C=N–C) groups is 1. The standard InChI is InChI=1S/C13H22N4/c1-10(2)9-15-13(14)16-11-5-7-12(8-6-11)17(3)4/h5-8,10H,9H2,1-4H3,(H3,14,15,16). The van der Waals surface area contributed by atoms with Gasteiger partial charge in [0.25, 0.3) is 0 Å². The Morgan fingerprint density at radius 3 is 2.35 bits per heavy atom. The lowest BCUT2D eigenvalue weighted by Crippen LogP contribution is -2.23. The van der Waals surface area contributed by atoms with Gasteiger partial charge in [-0.2, -0.15) is 0 Å². The number of rotatable bonds is 4. The fraction of sp³-hybridized carbons (Fsp3) is 0.462. The van der Waals surface area contributed by atoms with E-state index in [9.17, 15) is 0 Å². The Kier molecular flexibility index (Phi) is 4.82. The van der Waals surface area contributed by atoms with Gasteiger partial charge in [0.05, 0.1) is 0 Å². The lowest BCUT2D eigenvalue weighted by molar-refractivity contribution is 0.665. The molecule has 0 amide bonds. The van der Waals surface area contributed by atoms with Crippen molar-refractivity contribution in [1.82, 2.24) is 0 Å². The molecule has 0 aliphatic rings. The molecule has 94 valence electrons. The predicted molar refractivity (Wildman–Crippen MR) is 75.7 cm³/mol. The Morgan fingerprint density at radius 1 is 1.29 bits per heavy atom. The first-order valence-corrected chi connectivity index (χ1v) is 5.83. The van der Waals surface area contributed by atoms with E-state index in [1.807, 2.05) is 38.4 Å². The predicted octanol–water partition coefficient (Wildman–Crippen LogP) is 2.14. The van der Waals surface area contributed by atoms with Crippen LogP contribution in [0.15, 0.2) is 29.3 Å². The van der Waals surface area contributed by atoms with Crippen molar-refractivity contribution in [3.63, 3.8) is 0 Å². The molecule has 0 aliphatic carbocycles. The Hall–Kier alpha value is -1.71. The van der Waals surface area contributed by atoms with Crippen LogP contribution in [0.5, 0.6) is 0 Å². The van der Waals surface area contributed by atoms with E-state index in [4.69, 9.17) is 5.73 Å². The van der Waals surface area contributed by atoms with Crippen molar-refractivity contribution in [3.05, 3.63) is 24.3 Å². The van der Waals surface area contributed by atoms with Crippen LogP contribution < -0.4 is 16.0 Å². The van der Waals surface area contributed by atoms with Crippen molar-refractivity contribution >= 4 is 17.3 Å². The number of nitrogens with two attached hydrogens (primary N) is 1. The molecule has 17 heavy (non-hydrogen) atoms. The quantitative estimate of drug-likeness (QED) is 0.620. The Balaban J connectivity index is 2.60. The zero-order chi connectivity index (χ0) is 12.8. The minimum Gasteiger partial charge on any atom is -0.378 e. The van der Waals surface area contributed by atoms with Crippen LogP contribution in [-0.4, -0.2) is 26.6 Å². The molecule has 0 saturated heterocycles. The van der Waals surface area contributed by atoms with Gasteiger partial charge >= 0.3 is 0 Å². The molecule has 1 aromatic rings. The largest absolute Gasteiger partial charge is 0.378 e. The smallest absolute Gasteiger partial charge is 0.193 e. The summed E-state index contributed by atoms with van der Waals surface area (Å²) >= 11 is 0. The highest BCUT2D eigenvalue weighted by Gasteiger charge is 1.98. The second-order valence-electron chi connectivity index (χ2n) is 4.69. The summed E-state index contributed by atoms with van der Waals surface area (Å²) in [4.78, 5) is 6.30. The lowest BCUT2D eigenvalue weighted by atomic mass is 10.2. The Morgan fingerprint density at radius 2 is 1.88 bits per heavy atom. The highest BCUT2D eigenvalue weighted by Crippen LogP contribution is 2.15. The van der Waals surface area contributed by atoms with E-state index in [0.717, 1.165) is 17.9 Å². The summed E-state index contributed by atoms with van der Waals surface area (Å²) in [7, 11) is 4.03. The van der Waals surface area contributed by atoms with Gasteiger partial charge in [0.2, 0.25) is 0 Å². The zero-order valence-electron chi connectivity index (χ0n) is 11.1. The van der Waals surface area contributed by atoms with E-state index in [1.165, 1.54) is 0 Å². The molecular formula is C13H22N4. The van der Waals surface area contributed by atoms with Gasteiger partial charge in [-0.1, -0.05) is 13.8 Å². The molecule has 0 aliphatic heterocycles. The van der Waals surface area contributed by atoms with Gasteiger partial charge in [-0.05, 0) is 30.2 Å². The minimum absolute atomic E-state index is 0.469. The first kappa shape index (κ1) is 13.4. The van der Waals surface area contributed by atoms with Crippen LogP contribution >= 0.6 is 0 Å². The monoisotopic (exact) mass is 234 g/mol. The first-order chi connectivity index (χ1) is 7.99. The number of benzene rings is 1. The van der Waals surface area contributed by atoms with E-state index in [0.29, 0.717) is 11.9 Å². The molecule has 0 bridgehead atoms. The Bertz CT molecular complexity index is 366. The third-order valence-electron chi connectivity index (χ3n) is 2.28. The number of nitrogens with zero attached hydrogens (tertiary/aromatic N) is 2. The molecular weight excluding hydrogens is 212 g/mol. The first-order valence-electron chi connectivity index (χ1n) is 5.83. The molecule has 0 radical (unpaired) electrons. The molecule has 0 unspecified atom stereocenters. The molecule has 0 saturated carbocycles. The summed E-state index contributed by atoms with van der Waals surface area (Å²) in [6.45, 7) is 4.97. The summed E-state index contributed by atoms with van der Waals surface area (Å²) in [5.74, 6) is 0.989. The van der Waals surface area contributed by atoms with Crippen LogP contribution in [-0.2, 0) is 0 Å². The van der Waals surface area contributed by atoms with Crippen LogP contribution in [0.4, 0.5) is 11.4 Å². The van der Waals surface area contributed by atoms with Gasteiger partial charge < -0.3 is 16.0 Å². The fourth-order valence-electron chi connectivity index (χ4n) is 1.31. The fourth-order valence-corrected chi connectivity index (χ4v) is 1.31. The molecule has 4 heteroatoms. The van der Waals surface area contributed by atoms with Crippen molar-refractivity contribution in [2.75, 3.05) is 30.9 Å². The maximum Gasteiger partial charge on any atom is 0.193 e. The molecule has 1 aromatic carbocycles. The second kappa shape index (κ2) is 6.13. The third kappa shape index (κ3) is 4.76. The maximum atomic E-state index is 5.78. The summed E-state index contributed by atoms with van der Waals surface area (Å²) in [6.07, 6.45) is 0. The molecule has 0 heterocycles. The molecule has 0 fully saturated rings. The molecule has 0 atom stereocenters. The van der Waals surface area contributed by atoms with Crippen molar-refractivity contribution in [2.45, 2.75) is 13.8 Å². The van der Waals surface area contributed by atoms with Crippen molar-refractivity contribution in [1.29, 1.82) is 0 Å². The summed E-state index contributed by atoms with van der Waals surface area (Å²) in [5, 5.41) is 3.07. The molecule has 4 nitrogen and oxygen atoms in total. The third-order valence-corrected chi connectivity index (χ3v) is 2.28. The van der Waals surface area contributed by atoms with Crippen LogP contribution in [0, 0.1) is 5.92 Å². The van der Waals surface area contributed by atoms with E-state index < -0.39 is 0 Å². The second-order valence-corrected chi connectivity index (χ2v) is 4.69. The molecule has 0 spiro atoms. The Labute approximate surface area is 104 Å². The van der Waals surface area contributed by atoms with Gasteiger partial charge in [0.15, 0.2) is 5.96 Å².